The highest BCUT2D eigenvalue weighted by Crippen LogP contribution is 2.29. The SMILES string of the molecule is Cc1ccc2c(C=O)cn(Cc3ccc(-c4noc(C(F)(F)F)n4)cc3)c2c1. The molecule has 0 bridgehead atoms. The van der Waals surface area contributed by atoms with Crippen molar-refractivity contribution in [2.45, 2.75) is 19.6 Å². The Morgan fingerprint density at radius 2 is 1.89 bits per heavy atom. The number of fused-ring (bicyclic) bond motifs is 1. The van der Waals surface area contributed by atoms with Crippen molar-refractivity contribution in [2.24, 2.45) is 0 Å². The lowest BCUT2D eigenvalue weighted by Crippen LogP contribution is -2.04. The second kappa shape index (κ2) is 6.63. The van der Waals surface area contributed by atoms with Gasteiger partial charge in [0.05, 0.1) is 0 Å². The third-order valence-corrected chi connectivity index (χ3v) is 4.43. The maximum Gasteiger partial charge on any atom is 0.471 e. The van der Waals surface area contributed by atoms with Crippen LogP contribution < -0.4 is 0 Å². The number of hydrogen-bond donors (Lipinski definition) is 0. The van der Waals surface area contributed by atoms with Crippen LogP contribution in [0.4, 0.5) is 13.2 Å². The van der Waals surface area contributed by atoms with Crippen molar-refractivity contribution >= 4 is 17.2 Å². The van der Waals surface area contributed by atoms with Crippen molar-refractivity contribution in [3.8, 4) is 11.4 Å². The van der Waals surface area contributed by atoms with Crippen LogP contribution in [0.5, 0.6) is 0 Å². The van der Waals surface area contributed by atoms with Gasteiger partial charge in [0.2, 0.25) is 5.82 Å². The third kappa shape index (κ3) is 3.28. The molecule has 0 aliphatic carbocycles. The van der Waals surface area contributed by atoms with Crippen LogP contribution in [0, 0.1) is 6.92 Å². The van der Waals surface area contributed by atoms with Crippen LogP contribution in [-0.2, 0) is 12.7 Å². The standard InChI is InChI=1S/C20H14F3N3O2/c1-12-2-7-16-15(11-27)10-26(17(16)8-12)9-13-3-5-14(6-4-13)18-24-19(28-25-18)20(21,22)23/h2-8,10-11H,9H2,1H3. The Balaban J connectivity index is 1.62. The van der Waals surface area contributed by atoms with Crippen LogP contribution >= 0.6 is 0 Å². The number of alkyl halides is 3. The first-order chi connectivity index (χ1) is 13.3. The highest BCUT2D eigenvalue weighted by Gasteiger charge is 2.38. The molecule has 4 rings (SSSR count). The van der Waals surface area contributed by atoms with E-state index in [9.17, 15) is 18.0 Å². The minimum atomic E-state index is -4.67. The molecule has 0 aliphatic rings. The van der Waals surface area contributed by atoms with E-state index in [2.05, 4.69) is 14.7 Å². The predicted octanol–water partition coefficient (Wildman–Crippen LogP) is 4.88. The number of aromatic nitrogens is 3. The zero-order valence-corrected chi connectivity index (χ0v) is 14.7. The summed E-state index contributed by atoms with van der Waals surface area (Å²) in [6.45, 7) is 2.49. The monoisotopic (exact) mass is 385 g/mol. The normalized spacial score (nSPS) is 11.9. The molecule has 0 atom stereocenters. The minimum absolute atomic E-state index is 0.121. The first-order valence-electron chi connectivity index (χ1n) is 8.40. The summed E-state index contributed by atoms with van der Waals surface area (Å²) < 4.78 is 44.0. The van der Waals surface area contributed by atoms with Gasteiger partial charge in [0.15, 0.2) is 6.29 Å². The fourth-order valence-corrected chi connectivity index (χ4v) is 3.07. The Labute approximate surface area is 157 Å². The maximum absolute atomic E-state index is 12.6. The van der Waals surface area contributed by atoms with E-state index in [1.807, 2.05) is 29.7 Å². The molecule has 142 valence electrons. The van der Waals surface area contributed by atoms with E-state index >= 15 is 0 Å². The summed E-state index contributed by atoms with van der Waals surface area (Å²) in [4.78, 5) is 14.7. The number of rotatable bonds is 4. The Hall–Kier alpha value is -3.42. The number of carbonyl (C=O) groups excluding carboxylic acids is 1. The Morgan fingerprint density at radius 1 is 1.14 bits per heavy atom. The first-order valence-corrected chi connectivity index (χ1v) is 8.40. The molecule has 0 N–H and O–H groups in total. The number of carbonyl (C=O) groups is 1. The number of hydrogen-bond acceptors (Lipinski definition) is 4. The van der Waals surface area contributed by atoms with Gasteiger partial charge in [-0.15, -0.1) is 0 Å². The summed E-state index contributed by atoms with van der Waals surface area (Å²) in [7, 11) is 0. The largest absolute Gasteiger partial charge is 0.471 e. The van der Waals surface area contributed by atoms with Crippen molar-refractivity contribution in [3.05, 3.63) is 71.2 Å². The van der Waals surface area contributed by atoms with Crippen LogP contribution in [-0.4, -0.2) is 21.0 Å². The van der Waals surface area contributed by atoms with Crippen molar-refractivity contribution in [2.75, 3.05) is 0 Å². The van der Waals surface area contributed by atoms with Gasteiger partial charge in [-0.1, -0.05) is 41.6 Å². The van der Waals surface area contributed by atoms with E-state index in [0.717, 1.165) is 28.3 Å². The molecule has 4 aromatic rings. The number of benzene rings is 2. The Bertz CT molecular complexity index is 1160. The number of nitrogens with zero attached hydrogens (tertiary/aromatic N) is 3. The van der Waals surface area contributed by atoms with Gasteiger partial charge in [-0.25, -0.2) is 0 Å². The molecule has 28 heavy (non-hydrogen) atoms. The van der Waals surface area contributed by atoms with E-state index in [0.29, 0.717) is 17.7 Å². The molecule has 2 heterocycles. The van der Waals surface area contributed by atoms with Crippen LogP contribution in [0.3, 0.4) is 0 Å². The van der Waals surface area contributed by atoms with Gasteiger partial charge in [0.1, 0.15) is 0 Å². The Morgan fingerprint density at radius 3 is 2.54 bits per heavy atom. The van der Waals surface area contributed by atoms with Crippen molar-refractivity contribution in [1.82, 2.24) is 14.7 Å². The second-order valence-electron chi connectivity index (χ2n) is 6.47. The molecule has 0 spiro atoms. The fourth-order valence-electron chi connectivity index (χ4n) is 3.07. The topological polar surface area (TPSA) is 60.9 Å². The average molecular weight is 385 g/mol. The van der Waals surface area contributed by atoms with E-state index < -0.39 is 12.1 Å². The minimum Gasteiger partial charge on any atom is -0.342 e. The smallest absolute Gasteiger partial charge is 0.342 e. The zero-order valence-electron chi connectivity index (χ0n) is 14.7. The van der Waals surface area contributed by atoms with Gasteiger partial charge in [0.25, 0.3) is 0 Å². The second-order valence-corrected chi connectivity index (χ2v) is 6.47. The van der Waals surface area contributed by atoms with Gasteiger partial charge in [-0.05, 0) is 24.1 Å². The molecule has 0 amide bonds. The average Bonchev–Trinajstić information content (AvgIpc) is 3.28. The van der Waals surface area contributed by atoms with Gasteiger partial charge in [-0.2, -0.15) is 18.2 Å². The van der Waals surface area contributed by atoms with Gasteiger partial charge in [0, 0.05) is 34.8 Å². The van der Waals surface area contributed by atoms with E-state index in [4.69, 9.17) is 0 Å². The first kappa shape index (κ1) is 18.0. The molecule has 2 aromatic heterocycles. The third-order valence-electron chi connectivity index (χ3n) is 4.43. The highest BCUT2D eigenvalue weighted by molar-refractivity contribution is 5.97. The quantitative estimate of drug-likeness (QED) is 0.470. The van der Waals surface area contributed by atoms with Gasteiger partial charge < -0.3 is 9.09 Å². The molecular formula is C20H14F3N3O2. The maximum atomic E-state index is 12.6. The fraction of sp³-hybridized carbons (Fsp3) is 0.150. The lowest BCUT2D eigenvalue weighted by molar-refractivity contribution is -0.159. The Kier molecular flexibility index (Phi) is 4.26. The molecule has 0 fully saturated rings. The number of aryl methyl sites for hydroxylation is 1. The summed E-state index contributed by atoms with van der Waals surface area (Å²) in [6.07, 6.45) is -2.05. The molecule has 0 radical (unpaired) electrons. The summed E-state index contributed by atoms with van der Waals surface area (Å²) in [5.41, 5.74) is 3.97. The molecular weight excluding hydrogens is 371 g/mol. The van der Waals surface area contributed by atoms with Crippen LogP contribution in [0.15, 0.2) is 53.2 Å². The number of halogens is 3. The highest BCUT2D eigenvalue weighted by atomic mass is 19.4. The van der Waals surface area contributed by atoms with Crippen LogP contribution in [0.1, 0.15) is 27.4 Å². The summed E-state index contributed by atoms with van der Waals surface area (Å²) in [6, 6.07) is 12.7. The van der Waals surface area contributed by atoms with E-state index in [1.165, 1.54) is 0 Å². The molecule has 2 aromatic carbocycles. The van der Waals surface area contributed by atoms with Crippen molar-refractivity contribution in [1.29, 1.82) is 0 Å². The van der Waals surface area contributed by atoms with E-state index in [1.54, 1.807) is 30.5 Å². The summed E-state index contributed by atoms with van der Waals surface area (Å²) in [5, 5.41) is 4.26. The molecule has 0 saturated heterocycles. The summed E-state index contributed by atoms with van der Waals surface area (Å²) in [5.74, 6) is -1.49. The van der Waals surface area contributed by atoms with Crippen molar-refractivity contribution in [3.63, 3.8) is 0 Å². The molecule has 5 nitrogen and oxygen atoms in total. The molecule has 0 aliphatic heterocycles. The lowest BCUT2D eigenvalue weighted by atomic mass is 10.1. The molecule has 0 unspecified atom stereocenters. The zero-order chi connectivity index (χ0) is 19.9. The van der Waals surface area contributed by atoms with Gasteiger partial charge in [-0.3, -0.25) is 4.79 Å². The predicted molar refractivity (Wildman–Crippen MR) is 95.9 cm³/mol. The number of aldehydes is 1. The molecule has 0 saturated carbocycles. The lowest BCUT2D eigenvalue weighted by Gasteiger charge is -2.07. The van der Waals surface area contributed by atoms with Crippen LogP contribution in [0.25, 0.3) is 22.3 Å². The summed E-state index contributed by atoms with van der Waals surface area (Å²) >= 11 is 0. The van der Waals surface area contributed by atoms with Crippen LogP contribution in [0.2, 0.25) is 0 Å². The van der Waals surface area contributed by atoms with Gasteiger partial charge >= 0.3 is 12.1 Å². The van der Waals surface area contributed by atoms with E-state index in [-0.39, 0.29) is 5.82 Å². The molecule has 8 heteroatoms. The van der Waals surface area contributed by atoms with Crippen molar-refractivity contribution < 1.29 is 22.5 Å².